The molecule has 0 N–H and O–H groups in total. The molecule has 0 amide bonds. The molecule has 0 aromatic heterocycles. The van der Waals surface area contributed by atoms with Gasteiger partial charge >= 0.3 is 5.97 Å². The van der Waals surface area contributed by atoms with Crippen LogP contribution < -0.4 is 0 Å². The molecule has 0 fully saturated rings. The van der Waals surface area contributed by atoms with Gasteiger partial charge in [-0.3, -0.25) is 4.79 Å². The molecule has 1 atom stereocenters. The number of hydrogen-bond donors (Lipinski definition) is 0. The molecule has 1 aromatic carbocycles. The Balaban J connectivity index is 2.57. The topological polar surface area (TPSA) is 26.3 Å². The van der Waals surface area contributed by atoms with E-state index in [-0.39, 0.29) is 5.97 Å². The molecule has 1 aromatic rings. The third-order valence-corrected chi connectivity index (χ3v) is 2.71. The molecule has 1 unspecified atom stereocenters. The molecule has 0 aliphatic rings. The monoisotopic (exact) mass is 220 g/mol. The SMILES string of the molecule is CCCC(C)c1ccc(COC(C)=O)cc1. The van der Waals surface area contributed by atoms with Gasteiger partial charge in [-0.1, -0.05) is 44.5 Å². The van der Waals surface area contributed by atoms with Gasteiger partial charge in [0.05, 0.1) is 0 Å². The second-order valence-electron chi connectivity index (χ2n) is 4.21. The average Bonchev–Trinajstić information content (AvgIpc) is 2.27. The van der Waals surface area contributed by atoms with Crippen LogP contribution in [0.3, 0.4) is 0 Å². The van der Waals surface area contributed by atoms with Gasteiger partial charge in [0.25, 0.3) is 0 Å². The fraction of sp³-hybridized carbons (Fsp3) is 0.500. The van der Waals surface area contributed by atoms with Gasteiger partial charge in [-0.25, -0.2) is 0 Å². The quantitative estimate of drug-likeness (QED) is 0.708. The minimum absolute atomic E-state index is 0.233. The van der Waals surface area contributed by atoms with Crippen molar-refractivity contribution in [1.29, 1.82) is 0 Å². The van der Waals surface area contributed by atoms with Gasteiger partial charge in [0.1, 0.15) is 6.61 Å². The first-order valence-corrected chi connectivity index (χ1v) is 5.85. The lowest BCUT2D eigenvalue weighted by Gasteiger charge is -2.11. The number of benzene rings is 1. The molecular weight excluding hydrogens is 200 g/mol. The highest BCUT2D eigenvalue weighted by molar-refractivity contribution is 5.65. The zero-order valence-corrected chi connectivity index (χ0v) is 10.3. The van der Waals surface area contributed by atoms with Gasteiger partial charge in [0, 0.05) is 6.92 Å². The summed E-state index contributed by atoms with van der Waals surface area (Å²) in [6, 6.07) is 8.31. The van der Waals surface area contributed by atoms with E-state index in [2.05, 4.69) is 26.0 Å². The fourth-order valence-electron chi connectivity index (χ4n) is 1.73. The molecule has 0 aliphatic heterocycles. The van der Waals surface area contributed by atoms with Crippen LogP contribution in [0.5, 0.6) is 0 Å². The molecule has 16 heavy (non-hydrogen) atoms. The van der Waals surface area contributed by atoms with Crippen molar-refractivity contribution in [3.8, 4) is 0 Å². The van der Waals surface area contributed by atoms with Gasteiger partial charge in [0.15, 0.2) is 0 Å². The lowest BCUT2D eigenvalue weighted by molar-refractivity contribution is -0.142. The van der Waals surface area contributed by atoms with E-state index in [1.54, 1.807) is 0 Å². The first-order chi connectivity index (χ1) is 7.63. The number of esters is 1. The summed E-state index contributed by atoms with van der Waals surface area (Å²) < 4.78 is 4.94. The van der Waals surface area contributed by atoms with Crippen LogP contribution in [0.25, 0.3) is 0 Å². The number of carbonyl (C=O) groups is 1. The van der Waals surface area contributed by atoms with Gasteiger partial charge in [-0.15, -0.1) is 0 Å². The maximum absolute atomic E-state index is 10.7. The maximum Gasteiger partial charge on any atom is 0.302 e. The van der Waals surface area contributed by atoms with E-state index in [0.717, 1.165) is 5.56 Å². The van der Waals surface area contributed by atoms with E-state index in [9.17, 15) is 4.79 Å². The van der Waals surface area contributed by atoms with Crippen LogP contribution in [0.2, 0.25) is 0 Å². The number of carbonyl (C=O) groups excluding carboxylic acids is 1. The Morgan fingerprint density at radius 1 is 1.31 bits per heavy atom. The number of ether oxygens (including phenoxy) is 1. The highest BCUT2D eigenvalue weighted by atomic mass is 16.5. The smallest absolute Gasteiger partial charge is 0.302 e. The molecule has 0 radical (unpaired) electrons. The second kappa shape index (κ2) is 6.31. The Hall–Kier alpha value is -1.31. The maximum atomic E-state index is 10.7. The van der Waals surface area contributed by atoms with E-state index in [1.165, 1.54) is 25.3 Å². The summed E-state index contributed by atoms with van der Waals surface area (Å²) in [7, 11) is 0. The highest BCUT2D eigenvalue weighted by Gasteiger charge is 2.04. The van der Waals surface area contributed by atoms with Crippen LogP contribution >= 0.6 is 0 Å². The molecule has 0 heterocycles. The third-order valence-electron chi connectivity index (χ3n) is 2.71. The van der Waals surface area contributed by atoms with Crippen molar-refractivity contribution >= 4 is 5.97 Å². The summed E-state index contributed by atoms with van der Waals surface area (Å²) in [5, 5.41) is 0. The average molecular weight is 220 g/mol. The molecule has 0 saturated heterocycles. The van der Waals surface area contributed by atoms with E-state index < -0.39 is 0 Å². The van der Waals surface area contributed by atoms with E-state index >= 15 is 0 Å². The lowest BCUT2D eigenvalue weighted by atomic mass is 9.96. The largest absolute Gasteiger partial charge is 0.461 e. The predicted molar refractivity (Wildman–Crippen MR) is 65.2 cm³/mol. The summed E-state index contributed by atoms with van der Waals surface area (Å²) in [5.74, 6) is 0.371. The van der Waals surface area contributed by atoms with E-state index in [4.69, 9.17) is 4.74 Å². The zero-order valence-electron chi connectivity index (χ0n) is 10.3. The van der Waals surface area contributed by atoms with E-state index in [0.29, 0.717) is 12.5 Å². The molecule has 1 rings (SSSR count). The lowest BCUT2D eigenvalue weighted by Crippen LogP contribution is -1.99. The number of rotatable bonds is 5. The van der Waals surface area contributed by atoms with Crippen molar-refractivity contribution in [3.05, 3.63) is 35.4 Å². The van der Waals surface area contributed by atoms with Crippen LogP contribution in [-0.4, -0.2) is 5.97 Å². The van der Waals surface area contributed by atoms with Crippen molar-refractivity contribution in [2.75, 3.05) is 0 Å². The summed E-state index contributed by atoms with van der Waals surface area (Å²) in [4.78, 5) is 10.7. The summed E-state index contributed by atoms with van der Waals surface area (Å²) in [5.41, 5.74) is 2.40. The Bertz CT molecular complexity index is 327. The molecule has 2 heteroatoms. The zero-order chi connectivity index (χ0) is 12.0. The molecule has 2 nitrogen and oxygen atoms in total. The first kappa shape index (κ1) is 12.8. The normalized spacial score (nSPS) is 12.2. The highest BCUT2D eigenvalue weighted by Crippen LogP contribution is 2.20. The Morgan fingerprint density at radius 2 is 1.94 bits per heavy atom. The molecule has 0 bridgehead atoms. The Morgan fingerprint density at radius 3 is 2.44 bits per heavy atom. The molecule has 88 valence electrons. The van der Waals surface area contributed by atoms with Crippen molar-refractivity contribution < 1.29 is 9.53 Å². The Kier molecular flexibility index (Phi) is 5.03. The fourth-order valence-corrected chi connectivity index (χ4v) is 1.73. The summed E-state index contributed by atoms with van der Waals surface area (Å²) in [6.45, 7) is 6.24. The Labute approximate surface area is 97.6 Å². The van der Waals surface area contributed by atoms with Crippen molar-refractivity contribution in [3.63, 3.8) is 0 Å². The first-order valence-electron chi connectivity index (χ1n) is 5.85. The molecule has 0 aliphatic carbocycles. The van der Waals surface area contributed by atoms with Gasteiger partial charge in [-0.2, -0.15) is 0 Å². The van der Waals surface area contributed by atoms with Gasteiger partial charge < -0.3 is 4.74 Å². The van der Waals surface area contributed by atoms with E-state index in [1.807, 2.05) is 12.1 Å². The minimum Gasteiger partial charge on any atom is -0.461 e. The number of hydrogen-bond acceptors (Lipinski definition) is 2. The molecule has 0 saturated carbocycles. The predicted octanol–water partition coefficient (Wildman–Crippen LogP) is 3.65. The third kappa shape index (κ3) is 4.05. The van der Waals surface area contributed by atoms with Crippen molar-refractivity contribution in [2.24, 2.45) is 0 Å². The van der Waals surface area contributed by atoms with Crippen LogP contribution in [0.15, 0.2) is 24.3 Å². The molecule has 0 spiro atoms. The second-order valence-corrected chi connectivity index (χ2v) is 4.21. The summed E-state index contributed by atoms with van der Waals surface area (Å²) >= 11 is 0. The van der Waals surface area contributed by atoms with Crippen molar-refractivity contribution in [2.45, 2.75) is 46.1 Å². The van der Waals surface area contributed by atoms with Crippen LogP contribution in [0.4, 0.5) is 0 Å². The summed E-state index contributed by atoms with van der Waals surface area (Å²) in [6.07, 6.45) is 2.42. The van der Waals surface area contributed by atoms with Crippen LogP contribution in [0.1, 0.15) is 50.7 Å². The van der Waals surface area contributed by atoms with Crippen LogP contribution in [0, 0.1) is 0 Å². The van der Waals surface area contributed by atoms with Gasteiger partial charge in [-0.05, 0) is 23.5 Å². The van der Waals surface area contributed by atoms with Crippen LogP contribution in [-0.2, 0) is 16.1 Å². The minimum atomic E-state index is -0.233. The van der Waals surface area contributed by atoms with Crippen molar-refractivity contribution in [1.82, 2.24) is 0 Å². The standard InChI is InChI=1S/C14H20O2/c1-4-5-11(2)14-8-6-13(7-9-14)10-16-12(3)15/h6-9,11H,4-5,10H2,1-3H3. The van der Waals surface area contributed by atoms with Gasteiger partial charge in [0.2, 0.25) is 0 Å². The molecular formula is C14H20O2.